The highest BCUT2D eigenvalue weighted by Crippen LogP contribution is 2.16. The molecule has 1 aliphatic rings. The molecule has 3 rings (SSSR count). The summed E-state index contributed by atoms with van der Waals surface area (Å²) in [6.45, 7) is 2.23. The Morgan fingerprint density at radius 3 is 2.00 bits per heavy atom. The van der Waals surface area contributed by atoms with Crippen molar-refractivity contribution in [3.63, 3.8) is 0 Å². The maximum absolute atomic E-state index is 8.49. The molecule has 22 heavy (non-hydrogen) atoms. The fourth-order valence-corrected chi connectivity index (χ4v) is 2.26. The first-order valence-corrected chi connectivity index (χ1v) is 8.02. The van der Waals surface area contributed by atoms with Crippen molar-refractivity contribution in [3.8, 4) is 11.3 Å². The minimum atomic E-state index is -4.94. The number of hydrogen-bond acceptors (Lipinski definition) is 5. The third-order valence-corrected chi connectivity index (χ3v) is 3.18. The van der Waals surface area contributed by atoms with Crippen molar-refractivity contribution in [2.75, 3.05) is 13.1 Å². The van der Waals surface area contributed by atoms with E-state index in [9.17, 15) is 0 Å². The van der Waals surface area contributed by atoms with Gasteiger partial charge in [0.15, 0.2) is 0 Å². The maximum Gasteiger partial charge on any atom is 0.367 e. The largest absolute Gasteiger partial charge is 0.405 e. The Kier molecular flexibility index (Phi) is 5.70. The molecule has 0 saturated carbocycles. The normalized spacial score (nSPS) is 14.5. The molecule has 0 atom stereocenters. The van der Waals surface area contributed by atoms with Crippen molar-refractivity contribution in [1.29, 1.82) is 0 Å². The maximum atomic E-state index is 8.49. The van der Waals surface area contributed by atoms with Crippen molar-refractivity contribution < 1.29 is 33.3 Å². The Bertz CT molecular complexity index is 649. The van der Waals surface area contributed by atoms with E-state index < -0.39 is 10.2 Å². The zero-order valence-electron chi connectivity index (χ0n) is 11.8. The quantitative estimate of drug-likeness (QED) is 0.551. The molecular formula is C15H16ClNO5. The Balaban J connectivity index is 0.000000309. The van der Waals surface area contributed by atoms with Crippen LogP contribution in [0.4, 0.5) is 0 Å². The van der Waals surface area contributed by atoms with Crippen molar-refractivity contribution >= 4 is 0 Å². The van der Waals surface area contributed by atoms with E-state index in [4.69, 9.17) is 23.1 Å². The lowest BCUT2D eigenvalue weighted by Crippen LogP contribution is -2.68. The van der Waals surface area contributed by atoms with Gasteiger partial charge in [0.05, 0.1) is 6.07 Å². The monoisotopic (exact) mass is 325 g/mol. The molecular weight excluding hydrogens is 310 g/mol. The summed E-state index contributed by atoms with van der Waals surface area (Å²) in [5, 5.41) is 0. The van der Waals surface area contributed by atoms with E-state index in [1.165, 1.54) is 12.8 Å². The van der Waals surface area contributed by atoms with E-state index >= 15 is 0 Å². The lowest BCUT2D eigenvalue weighted by molar-refractivity contribution is -2.00. The second kappa shape index (κ2) is 7.53. The van der Waals surface area contributed by atoms with E-state index in [0.717, 1.165) is 30.0 Å². The summed E-state index contributed by atoms with van der Waals surface area (Å²) in [7, 11) is -4.94. The first-order chi connectivity index (χ1) is 10.4. The summed E-state index contributed by atoms with van der Waals surface area (Å²) in [6.07, 6.45) is 2.54. The Morgan fingerprint density at radius 1 is 0.818 bits per heavy atom. The van der Waals surface area contributed by atoms with Gasteiger partial charge in [-0.2, -0.15) is 4.58 Å². The summed E-state index contributed by atoms with van der Waals surface area (Å²) in [4.78, 5) is 0. The number of benzene rings is 1. The van der Waals surface area contributed by atoms with Crippen LogP contribution in [0.25, 0.3) is 11.3 Å². The third-order valence-electron chi connectivity index (χ3n) is 3.18. The third kappa shape index (κ3) is 5.59. The highest BCUT2D eigenvalue weighted by atomic mass is 35.7. The van der Waals surface area contributed by atoms with Gasteiger partial charge in [0, 0.05) is 18.4 Å². The van der Waals surface area contributed by atoms with Crippen LogP contribution in [0.3, 0.4) is 0 Å². The zero-order chi connectivity index (χ0) is 16.0. The Morgan fingerprint density at radius 2 is 1.41 bits per heavy atom. The predicted octanol–water partition coefficient (Wildman–Crippen LogP) is -2.24. The van der Waals surface area contributed by atoms with Gasteiger partial charge in [0.25, 0.3) is 0 Å². The van der Waals surface area contributed by atoms with Gasteiger partial charge in [-0.15, -0.1) is 10.2 Å². The molecule has 1 saturated heterocycles. The number of hydrogen-bond donors (Lipinski definition) is 0. The van der Waals surface area contributed by atoms with E-state index in [2.05, 4.69) is 28.8 Å². The topological polar surface area (TPSA) is 108 Å². The van der Waals surface area contributed by atoms with Crippen molar-refractivity contribution in [2.24, 2.45) is 0 Å². The molecule has 0 bridgehead atoms. The first kappa shape index (κ1) is 16.7. The standard InChI is InChI=1S/C15H16NO.ClHO4/c1-2-7-13(8-3-1)14-9-6-10-15(17-14)16-11-4-5-12-16;2-1(3,4)5/h1-3,6-10H,4-5,11-12H2;(H,2,3,4,5)/q+1;/p-1. The molecule has 0 aliphatic carbocycles. The summed E-state index contributed by atoms with van der Waals surface area (Å²) in [6, 6.07) is 16.4. The second-order valence-electron chi connectivity index (χ2n) is 4.77. The molecule has 0 spiro atoms. The van der Waals surface area contributed by atoms with Gasteiger partial charge < -0.3 is 4.42 Å². The number of halogens is 1. The highest BCUT2D eigenvalue weighted by Gasteiger charge is 2.15. The number of rotatable bonds is 1. The molecule has 1 aromatic heterocycles. The summed E-state index contributed by atoms with van der Waals surface area (Å²) < 4.78 is 42.3. The Labute approximate surface area is 129 Å². The van der Waals surface area contributed by atoms with Gasteiger partial charge in [-0.25, -0.2) is 18.6 Å². The van der Waals surface area contributed by atoms with Gasteiger partial charge in [-0.05, 0) is 12.1 Å². The Hall–Kier alpha value is -1.70. The lowest BCUT2D eigenvalue weighted by atomic mass is 10.2. The number of nitrogens with zero attached hydrogens (tertiary/aromatic N) is 1. The molecule has 118 valence electrons. The van der Waals surface area contributed by atoms with Crippen molar-refractivity contribution in [2.45, 2.75) is 12.8 Å². The average molecular weight is 326 g/mol. The van der Waals surface area contributed by atoms with E-state index in [1.807, 2.05) is 24.3 Å². The smallest absolute Gasteiger partial charge is 0.367 e. The first-order valence-electron chi connectivity index (χ1n) is 6.79. The summed E-state index contributed by atoms with van der Waals surface area (Å²) >= 11 is 0. The van der Waals surface area contributed by atoms with E-state index in [1.54, 1.807) is 0 Å². The van der Waals surface area contributed by atoms with Gasteiger partial charge in [0.1, 0.15) is 18.8 Å². The molecule has 0 amide bonds. The molecule has 6 nitrogen and oxygen atoms in total. The van der Waals surface area contributed by atoms with Gasteiger partial charge in [-0.1, -0.05) is 30.3 Å². The molecule has 2 heterocycles. The van der Waals surface area contributed by atoms with Crippen LogP contribution in [0, 0.1) is 10.2 Å². The van der Waals surface area contributed by atoms with E-state index in [0.29, 0.717) is 0 Å². The van der Waals surface area contributed by atoms with Crippen LogP contribution in [-0.2, 0) is 0 Å². The van der Waals surface area contributed by atoms with Crippen LogP contribution in [0.15, 0.2) is 52.9 Å². The van der Waals surface area contributed by atoms with Gasteiger partial charge in [-0.3, -0.25) is 0 Å². The lowest BCUT2D eigenvalue weighted by Gasteiger charge is -2.17. The fraction of sp³-hybridized carbons (Fsp3) is 0.267. The predicted molar refractivity (Wildman–Crippen MR) is 68.4 cm³/mol. The van der Waals surface area contributed by atoms with Crippen LogP contribution < -0.4 is 28.8 Å². The van der Waals surface area contributed by atoms with Crippen molar-refractivity contribution in [3.05, 3.63) is 54.1 Å². The van der Waals surface area contributed by atoms with Crippen LogP contribution in [-0.4, -0.2) is 13.1 Å². The molecule has 2 aromatic rings. The molecule has 1 aliphatic heterocycles. The van der Waals surface area contributed by atoms with Crippen LogP contribution >= 0.6 is 0 Å². The molecule has 1 aromatic carbocycles. The molecule has 0 N–H and O–H groups in total. The van der Waals surface area contributed by atoms with Gasteiger partial charge in [0.2, 0.25) is 0 Å². The van der Waals surface area contributed by atoms with Crippen LogP contribution in [0.5, 0.6) is 0 Å². The second-order valence-corrected chi connectivity index (χ2v) is 5.52. The fourth-order valence-electron chi connectivity index (χ4n) is 2.26. The SMILES string of the molecule is [O-][Cl+3]([O-])([O-])[O-].c1ccc(-c2cccc(=[N+]3CCCC3)o2)cc1. The molecule has 7 heteroatoms. The summed E-state index contributed by atoms with van der Waals surface area (Å²) in [5.41, 5.74) is 2.12. The van der Waals surface area contributed by atoms with E-state index in [-0.39, 0.29) is 0 Å². The molecule has 0 radical (unpaired) electrons. The minimum Gasteiger partial charge on any atom is -0.405 e. The van der Waals surface area contributed by atoms with Crippen molar-refractivity contribution in [1.82, 2.24) is 4.58 Å². The molecule has 0 unspecified atom stereocenters. The summed E-state index contributed by atoms with van der Waals surface area (Å²) in [5.74, 6) is 0.940. The average Bonchev–Trinajstić information content (AvgIpc) is 3.01. The zero-order valence-corrected chi connectivity index (χ0v) is 12.6. The van der Waals surface area contributed by atoms with Gasteiger partial charge >= 0.3 is 5.55 Å². The van der Waals surface area contributed by atoms with Crippen LogP contribution in [0.1, 0.15) is 12.8 Å². The molecule has 1 fully saturated rings. The minimum absolute atomic E-state index is 0.940. The highest BCUT2D eigenvalue weighted by molar-refractivity contribution is 5.56. The van der Waals surface area contributed by atoms with Crippen LogP contribution in [0.2, 0.25) is 0 Å².